The molecule has 2 unspecified atom stereocenters. The predicted molar refractivity (Wildman–Crippen MR) is 71.4 cm³/mol. The monoisotopic (exact) mass is 245 g/mol. The van der Waals surface area contributed by atoms with Crippen LogP contribution in [0.4, 0.5) is 0 Å². The minimum Gasteiger partial charge on any atom is -0.469 e. The lowest BCUT2D eigenvalue weighted by Gasteiger charge is -2.22. The van der Waals surface area contributed by atoms with Gasteiger partial charge in [0.2, 0.25) is 0 Å². The molecule has 0 amide bonds. The first-order valence-corrected chi connectivity index (χ1v) is 6.15. The third-order valence-electron chi connectivity index (χ3n) is 3.17. The Kier molecular flexibility index (Phi) is 4.18. The molecule has 0 spiro atoms. The molecule has 18 heavy (non-hydrogen) atoms. The number of hydrogen-bond acceptors (Lipinski definition) is 3. The van der Waals surface area contributed by atoms with Crippen LogP contribution in [0.2, 0.25) is 0 Å². The Morgan fingerprint density at radius 1 is 1.22 bits per heavy atom. The Labute approximate surface area is 107 Å². The van der Waals surface area contributed by atoms with Gasteiger partial charge in [0.1, 0.15) is 5.76 Å². The van der Waals surface area contributed by atoms with Crippen molar-refractivity contribution in [2.75, 3.05) is 7.05 Å². The Morgan fingerprint density at radius 3 is 2.50 bits per heavy atom. The number of nitrogens with one attached hydrogen (secondary N) is 1. The van der Waals surface area contributed by atoms with Crippen molar-refractivity contribution in [3.63, 3.8) is 0 Å². The summed E-state index contributed by atoms with van der Waals surface area (Å²) < 4.78 is 5.32. The average Bonchev–Trinajstić information content (AvgIpc) is 2.89. The van der Waals surface area contributed by atoms with Crippen LogP contribution in [0, 0.1) is 6.92 Å². The molecule has 0 aliphatic rings. The van der Waals surface area contributed by atoms with Crippen LogP contribution >= 0.6 is 0 Å². The summed E-state index contributed by atoms with van der Waals surface area (Å²) in [6, 6.07) is 11.7. The highest BCUT2D eigenvalue weighted by molar-refractivity contribution is 5.24. The van der Waals surface area contributed by atoms with E-state index in [1.165, 1.54) is 5.56 Å². The predicted octanol–water partition coefficient (Wildman–Crippen LogP) is 2.45. The zero-order valence-electron chi connectivity index (χ0n) is 10.8. The van der Waals surface area contributed by atoms with Crippen LogP contribution in [-0.2, 0) is 6.42 Å². The number of hydrogen-bond donors (Lipinski definition) is 2. The Morgan fingerprint density at radius 2 is 1.94 bits per heavy atom. The molecule has 2 rings (SSSR count). The highest BCUT2D eigenvalue weighted by Gasteiger charge is 2.20. The van der Waals surface area contributed by atoms with Gasteiger partial charge >= 0.3 is 0 Å². The molecule has 0 aliphatic heterocycles. The molecule has 0 aliphatic carbocycles. The Balaban J connectivity index is 2.09. The van der Waals surface area contributed by atoms with Gasteiger partial charge in [0, 0.05) is 12.5 Å². The molecular formula is C15H19NO2. The van der Waals surface area contributed by atoms with Crippen molar-refractivity contribution in [1.29, 1.82) is 0 Å². The van der Waals surface area contributed by atoms with Gasteiger partial charge in [-0.2, -0.15) is 0 Å². The fourth-order valence-corrected chi connectivity index (χ4v) is 2.01. The highest BCUT2D eigenvalue weighted by atomic mass is 16.3. The fraction of sp³-hybridized carbons (Fsp3) is 0.333. The molecule has 2 N–H and O–H groups in total. The topological polar surface area (TPSA) is 45.4 Å². The summed E-state index contributed by atoms with van der Waals surface area (Å²) in [5.74, 6) is 0.875. The van der Waals surface area contributed by atoms with Crippen molar-refractivity contribution >= 4 is 0 Å². The molecule has 3 nitrogen and oxygen atoms in total. The number of benzene rings is 1. The Hall–Kier alpha value is -1.58. The van der Waals surface area contributed by atoms with Gasteiger partial charge in [-0.15, -0.1) is 0 Å². The van der Waals surface area contributed by atoms with Gasteiger partial charge in [0.25, 0.3) is 0 Å². The van der Waals surface area contributed by atoms with Gasteiger partial charge in [-0.05, 0) is 31.7 Å². The zero-order valence-corrected chi connectivity index (χ0v) is 10.8. The summed E-state index contributed by atoms with van der Waals surface area (Å²) in [5, 5.41) is 13.5. The molecule has 1 heterocycles. The molecule has 0 saturated heterocycles. The lowest BCUT2D eigenvalue weighted by Crippen LogP contribution is -2.34. The van der Waals surface area contributed by atoms with E-state index >= 15 is 0 Å². The molecular weight excluding hydrogens is 226 g/mol. The van der Waals surface area contributed by atoms with Crippen LogP contribution in [-0.4, -0.2) is 18.2 Å². The van der Waals surface area contributed by atoms with Crippen molar-refractivity contribution in [1.82, 2.24) is 5.32 Å². The summed E-state index contributed by atoms with van der Waals surface area (Å²) >= 11 is 0. The molecule has 2 aromatic rings. The standard InChI is InChI=1S/C15H19NO2/c1-11-5-7-12(8-6-11)15(17)14(16-2)10-13-4-3-9-18-13/h3-9,14-17H,10H2,1-2H3. The third-order valence-corrected chi connectivity index (χ3v) is 3.17. The molecule has 0 saturated carbocycles. The van der Waals surface area contributed by atoms with Gasteiger partial charge in [-0.3, -0.25) is 0 Å². The largest absolute Gasteiger partial charge is 0.469 e. The van der Waals surface area contributed by atoms with Crippen LogP contribution < -0.4 is 5.32 Å². The maximum absolute atomic E-state index is 10.4. The molecule has 2 atom stereocenters. The molecule has 96 valence electrons. The molecule has 0 fully saturated rings. The smallest absolute Gasteiger partial charge is 0.105 e. The van der Waals surface area contributed by atoms with Crippen molar-refractivity contribution in [3.05, 3.63) is 59.5 Å². The highest BCUT2D eigenvalue weighted by Crippen LogP contribution is 2.20. The summed E-state index contributed by atoms with van der Waals surface area (Å²) in [5.41, 5.74) is 2.12. The maximum Gasteiger partial charge on any atom is 0.105 e. The molecule has 0 radical (unpaired) electrons. The van der Waals surface area contributed by atoms with Crippen molar-refractivity contribution in [2.24, 2.45) is 0 Å². The SMILES string of the molecule is CNC(Cc1ccco1)C(O)c1ccc(C)cc1. The second-order valence-corrected chi connectivity index (χ2v) is 4.53. The van der Waals surface area contributed by atoms with E-state index in [-0.39, 0.29) is 6.04 Å². The van der Waals surface area contributed by atoms with Crippen molar-refractivity contribution < 1.29 is 9.52 Å². The van der Waals surface area contributed by atoms with E-state index in [1.807, 2.05) is 50.4 Å². The number of rotatable bonds is 5. The van der Waals surface area contributed by atoms with Crippen molar-refractivity contribution in [2.45, 2.75) is 25.5 Å². The van der Waals surface area contributed by atoms with E-state index in [0.29, 0.717) is 6.42 Å². The molecule has 3 heteroatoms. The normalized spacial score (nSPS) is 14.4. The van der Waals surface area contributed by atoms with Gasteiger partial charge < -0.3 is 14.8 Å². The van der Waals surface area contributed by atoms with Crippen LogP contribution in [0.3, 0.4) is 0 Å². The molecule has 1 aromatic heterocycles. The van der Waals surface area contributed by atoms with Crippen molar-refractivity contribution in [3.8, 4) is 0 Å². The van der Waals surface area contributed by atoms with Crippen LogP contribution in [0.15, 0.2) is 47.1 Å². The number of furan rings is 1. The zero-order chi connectivity index (χ0) is 13.0. The van der Waals surface area contributed by atoms with Crippen LogP contribution in [0.25, 0.3) is 0 Å². The van der Waals surface area contributed by atoms with Gasteiger partial charge in [-0.25, -0.2) is 0 Å². The lowest BCUT2D eigenvalue weighted by molar-refractivity contribution is 0.129. The first kappa shape index (κ1) is 12.9. The van der Waals surface area contributed by atoms with E-state index in [0.717, 1.165) is 11.3 Å². The maximum atomic E-state index is 10.4. The van der Waals surface area contributed by atoms with E-state index in [4.69, 9.17) is 4.42 Å². The van der Waals surface area contributed by atoms with E-state index in [2.05, 4.69) is 5.32 Å². The average molecular weight is 245 g/mol. The first-order valence-electron chi connectivity index (χ1n) is 6.15. The van der Waals surface area contributed by atoms with E-state index in [1.54, 1.807) is 6.26 Å². The molecule has 0 bridgehead atoms. The number of aryl methyl sites for hydroxylation is 1. The van der Waals surface area contributed by atoms with Gasteiger partial charge in [-0.1, -0.05) is 29.8 Å². The second-order valence-electron chi connectivity index (χ2n) is 4.53. The number of aliphatic hydroxyl groups excluding tert-OH is 1. The summed E-state index contributed by atoms with van der Waals surface area (Å²) in [6.07, 6.45) is 1.78. The number of aliphatic hydroxyl groups is 1. The third kappa shape index (κ3) is 3.00. The minimum absolute atomic E-state index is 0.0566. The number of likely N-dealkylation sites (N-methyl/N-ethyl adjacent to an activating group) is 1. The van der Waals surface area contributed by atoms with Crippen LogP contribution in [0.1, 0.15) is 23.0 Å². The van der Waals surface area contributed by atoms with Gasteiger partial charge in [0.15, 0.2) is 0 Å². The fourth-order valence-electron chi connectivity index (χ4n) is 2.01. The summed E-state index contributed by atoms with van der Waals surface area (Å²) in [7, 11) is 1.85. The molecule has 1 aromatic carbocycles. The van der Waals surface area contributed by atoms with Gasteiger partial charge in [0.05, 0.1) is 12.4 Å². The van der Waals surface area contributed by atoms with E-state index < -0.39 is 6.10 Å². The summed E-state index contributed by atoms with van der Waals surface area (Å²) in [4.78, 5) is 0. The second kappa shape index (κ2) is 5.85. The summed E-state index contributed by atoms with van der Waals surface area (Å²) in [6.45, 7) is 2.04. The van der Waals surface area contributed by atoms with Crippen LogP contribution in [0.5, 0.6) is 0 Å². The first-order chi connectivity index (χ1) is 8.70. The quantitative estimate of drug-likeness (QED) is 0.850. The Bertz CT molecular complexity index is 462. The van der Waals surface area contributed by atoms with E-state index in [9.17, 15) is 5.11 Å². The minimum atomic E-state index is -0.541. The lowest BCUT2D eigenvalue weighted by atomic mass is 9.98.